The van der Waals surface area contributed by atoms with Gasteiger partial charge in [0.2, 0.25) is 0 Å². The molecule has 1 N–H and O–H groups in total. The number of halogens is 2. The van der Waals surface area contributed by atoms with E-state index in [1.165, 1.54) is 11.3 Å². The van der Waals surface area contributed by atoms with Crippen molar-refractivity contribution < 1.29 is 4.79 Å². The van der Waals surface area contributed by atoms with Crippen LogP contribution in [0.4, 0.5) is 0 Å². The zero-order chi connectivity index (χ0) is 12.0. The Bertz CT molecular complexity index is 335. The van der Waals surface area contributed by atoms with E-state index in [2.05, 4.69) is 43.4 Å². The predicted molar refractivity (Wildman–Crippen MR) is 79.7 cm³/mol. The van der Waals surface area contributed by atoms with Crippen LogP contribution >= 0.6 is 55.0 Å². The number of rotatable bonds is 6. The van der Waals surface area contributed by atoms with E-state index in [1.807, 2.05) is 17.8 Å². The molecule has 2 nitrogen and oxygen atoms in total. The van der Waals surface area contributed by atoms with Crippen molar-refractivity contribution >= 4 is 60.9 Å². The number of nitrogens with one attached hydrogen (secondary N) is 1. The van der Waals surface area contributed by atoms with E-state index >= 15 is 0 Å². The van der Waals surface area contributed by atoms with E-state index in [-0.39, 0.29) is 5.91 Å². The summed E-state index contributed by atoms with van der Waals surface area (Å²) in [4.78, 5) is 12.4. The summed E-state index contributed by atoms with van der Waals surface area (Å²) in [5.74, 6) is 1.17. The van der Waals surface area contributed by atoms with Gasteiger partial charge in [0.25, 0.3) is 5.91 Å². The first-order valence-electron chi connectivity index (χ1n) is 4.87. The molecule has 0 aliphatic heterocycles. The Kier molecular flexibility index (Phi) is 7.03. The summed E-state index contributed by atoms with van der Waals surface area (Å²) in [6, 6.07) is 1.84. The van der Waals surface area contributed by atoms with Crippen LogP contribution in [0.5, 0.6) is 0 Å². The molecule has 0 aliphatic carbocycles. The fourth-order valence-corrected chi connectivity index (χ4v) is 3.56. The minimum Gasteiger partial charge on any atom is -0.351 e. The Balaban J connectivity index is 2.30. The van der Waals surface area contributed by atoms with E-state index in [9.17, 15) is 4.79 Å². The molecular weight excluding hydrogens is 374 g/mol. The number of thioether (sulfide) groups is 1. The Labute approximate surface area is 121 Å². The number of hydrogen-bond acceptors (Lipinski definition) is 3. The van der Waals surface area contributed by atoms with Gasteiger partial charge in [0.1, 0.15) is 0 Å². The van der Waals surface area contributed by atoms with Crippen LogP contribution in [-0.2, 0) is 0 Å². The largest absolute Gasteiger partial charge is 0.351 e. The van der Waals surface area contributed by atoms with Gasteiger partial charge >= 0.3 is 0 Å². The summed E-state index contributed by atoms with van der Waals surface area (Å²) in [6.07, 6.45) is 4.29. The lowest BCUT2D eigenvalue weighted by atomic mass is 10.3. The summed E-state index contributed by atoms with van der Waals surface area (Å²) in [5, 5.41) is 2.92. The molecule has 1 heterocycles. The first kappa shape index (κ1) is 14.5. The van der Waals surface area contributed by atoms with E-state index in [0.717, 1.165) is 38.3 Å². The Morgan fingerprint density at radius 2 is 2.25 bits per heavy atom. The average molecular weight is 387 g/mol. The molecular formula is C10H13Br2NOS2. The van der Waals surface area contributed by atoms with Gasteiger partial charge in [-0.05, 0) is 62.8 Å². The fraction of sp³-hybridized carbons (Fsp3) is 0.500. The molecule has 1 aromatic heterocycles. The van der Waals surface area contributed by atoms with Crippen molar-refractivity contribution in [3.63, 3.8) is 0 Å². The van der Waals surface area contributed by atoms with Crippen molar-refractivity contribution in [2.75, 3.05) is 18.6 Å². The van der Waals surface area contributed by atoms with Crippen molar-refractivity contribution in [1.82, 2.24) is 5.32 Å². The molecule has 0 bridgehead atoms. The van der Waals surface area contributed by atoms with Gasteiger partial charge in [-0.2, -0.15) is 11.8 Å². The number of amides is 1. The molecule has 6 heteroatoms. The quantitative estimate of drug-likeness (QED) is 0.744. The van der Waals surface area contributed by atoms with Crippen LogP contribution in [0.3, 0.4) is 0 Å². The average Bonchev–Trinajstić information content (AvgIpc) is 2.59. The monoisotopic (exact) mass is 385 g/mol. The number of carbonyl (C=O) groups excluding carboxylic acids is 1. The summed E-state index contributed by atoms with van der Waals surface area (Å²) in [5.41, 5.74) is 0. The van der Waals surface area contributed by atoms with Crippen molar-refractivity contribution in [1.29, 1.82) is 0 Å². The van der Waals surface area contributed by atoms with Crippen LogP contribution in [0.25, 0.3) is 0 Å². The van der Waals surface area contributed by atoms with Crippen molar-refractivity contribution in [3.05, 3.63) is 19.2 Å². The van der Waals surface area contributed by atoms with Gasteiger partial charge in [0.15, 0.2) is 0 Å². The fourth-order valence-electron chi connectivity index (χ4n) is 1.12. The van der Waals surface area contributed by atoms with Crippen molar-refractivity contribution in [3.8, 4) is 0 Å². The lowest BCUT2D eigenvalue weighted by Crippen LogP contribution is -2.23. The maximum absolute atomic E-state index is 11.7. The highest BCUT2D eigenvalue weighted by Gasteiger charge is 2.10. The molecule has 0 saturated heterocycles. The standard InChI is InChI=1S/C10H13Br2NOS2/c1-15-5-3-2-4-13-10(14)8-6-7(11)9(12)16-8/h6H,2-5H2,1H3,(H,13,14). The molecule has 0 radical (unpaired) electrons. The Morgan fingerprint density at radius 3 is 2.81 bits per heavy atom. The molecule has 16 heavy (non-hydrogen) atoms. The second-order valence-corrected chi connectivity index (χ2v) is 7.40. The topological polar surface area (TPSA) is 29.1 Å². The van der Waals surface area contributed by atoms with E-state index < -0.39 is 0 Å². The molecule has 0 saturated carbocycles. The molecule has 1 aromatic rings. The van der Waals surface area contributed by atoms with Gasteiger partial charge < -0.3 is 5.32 Å². The minimum absolute atomic E-state index is 0.0144. The molecule has 0 spiro atoms. The van der Waals surface area contributed by atoms with Gasteiger partial charge in [-0.25, -0.2) is 0 Å². The molecule has 0 aromatic carbocycles. The zero-order valence-corrected chi connectivity index (χ0v) is 13.7. The van der Waals surface area contributed by atoms with Crippen LogP contribution in [0.1, 0.15) is 22.5 Å². The summed E-state index contributed by atoms with van der Waals surface area (Å²) in [7, 11) is 0. The maximum atomic E-state index is 11.7. The molecule has 0 atom stereocenters. The third-order valence-corrected chi connectivity index (χ3v) is 5.88. The molecule has 90 valence electrons. The normalized spacial score (nSPS) is 10.4. The van der Waals surface area contributed by atoms with Crippen molar-refractivity contribution in [2.45, 2.75) is 12.8 Å². The second kappa shape index (κ2) is 7.74. The van der Waals surface area contributed by atoms with Crippen LogP contribution < -0.4 is 5.32 Å². The van der Waals surface area contributed by atoms with Crippen LogP contribution in [0.2, 0.25) is 0 Å². The molecule has 1 rings (SSSR count). The lowest BCUT2D eigenvalue weighted by molar-refractivity contribution is 0.0957. The molecule has 0 aliphatic rings. The van der Waals surface area contributed by atoms with Gasteiger partial charge in [0, 0.05) is 11.0 Å². The number of carbonyl (C=O) groups is 1. The van der Waals surface area contributed by atoms with E-state index in [1.54, 1.807) is 0 Å². The Morgan fingerprint density at radius 1 is 1.50 bits per heavy atom. The highest BCUT2D eigenvalue weighted by Crippen LogP contribution is 2.32. The maximum Gasteiger partial charge on any atom is 0.261 e. The first-order chi connectivity index (χ1) is 7.65. The number of hydrogen-bond donors (Lipinski definition) is 1. The Hall–Kier alpha value is 0.480. The molecule has 0 unspecified atom stereocenters. The third-order valence-electron chi connectivity index (χ3n) is 1.93. The number of thiophene rings is 1. The SMILES string of the molecule is CSCCCCNC(=O)c1cc(Br)c(Br)s1. The van der Waals surface area contributed by atoms with Crippen LogP contribution in [0, 0.1) is 0 Å². The van der Waals surface area contributed by atoms with E-state index in [4.69, 9.17) is 0 Å². The summed E-state index contributed by atoms with van der Waals surface area (Å²) >= 11 is 10.0. The van der Waals surface area contributed by atoms with Gasteiger partial charge in [0.05, 0.1) is 8.66 Å². The van der Waals surface area contributed by atoms with Gasteiger partial charge in [-0.3, -0.25) is 4.79 Å². The zero-order valence-electron chi connectivity index (χ0n) is 8.89. The number of unbranched alkanes of at least 4 members (excludes halogenated alkanes) is 1. The summed E-state index contributed by atoms with van der Waals surface area (Å²) in [6.45, 7) is 0.756. The first-order valence-corrected chi connectivity index (χ1v) is 8.66. The highest BCUT2D eigenvalue weighted by atomic mass is 79.9. The lowest BCUT2D eigenvalue weighted by Gasteiger charge is -2.02. The van der Waals surface area contributed by atoms with Crippen LogP contribution in [0.15, 0.2) is 14.3 Å². The third kappa shape index (κ3) is 4.77. The van der Waals surface area contributed by atoms with Crippen molar-refractivity contribution in [2.24, 2.45) is 0 Å². The summed E-state index contributed by atoms with van der Waals surface area (Å²) < 4.78 is 1.89. The second-order valence-electron chi connectivity index (χ2n) is 3.19. The van der Waals surface area contributed by atoms with Gasteiger partial charge in [-0.15, -0.1) is 11.3 Å². The molecule has 0 fully saturated rings. The highest BCUT2D eigenvalue weighted by molar-refractivity contribution is 9.13. The van der Waals surface area contributed by atoms with E-state index in [0.29, 0.717) is 0 Å². The molecule has 1 amide bonds. The van der Waals surface area contributed by atoms with Crippen LogP contribution in [-0.4, -0.2) is 24.5 Å². The smallest absolute Gasteiger partial charge is 0.261 e. The van der Waals surface area contributed by atoms with Gasteiger partial charge in [-0.1, -0.05) is 0 Å². The minimum atomic E-state index is 0.0144. The predicted octanol–water partition coefficient (Wildman–Crippen LogP) is 4.15.